The molecule has 0 bridgehead atoms. The molecule has 0 spiro atoms. The quantitative estimate of drug-likeness (QED) is 0.453. The molecule has 35 heavy (non-hydrogen) atoms. The first-order chi connectivity index (χ1) is 16.2. The normalized spacial score (nSPS) is 28.3. The molecular weight excluding hydrogens is 494 g/mol. The van der Waals surface area contributed by atoms with Crippen molar-refractivity contribution in [3.8, 4) is 5.75 Å². The Morgan fingerprint density at radius 1 is 1.23 bits per heavy atom. The molecular formula is C23H24F5N2O4P. The minimum Gasteiger partial charge on any atom is -0.493 e. The molecule has 190 valence electrons. The van der Waals surface area contributed by atoms with Crippen LogP contribution >= 0.6 is 7.14 Å². The summed E-state index contributed by atoms with van der Waals surface area (Å²) in [6.45, 7) is 4.30. The van der Waals surface area contributed by atoms with Gasteiger partial charge in [0, 0.05) is 28.8 Å². The van der Waals surface area contributed by atoms with E-state index in [-0.39, 0.29) is 29.5 Å². The second kappa shape index (κ2) is 8.27. The molecule has 4 rings (SSSR count). The van der Waals surface area contributed by atoms with Gasteiger partial charge in [-0.15, -0.1) is 0 Å². The SMILES string of the molecule is COc1c([C@H]2[C@H](C(=O)Nc3ccnc(P(C)(C)=O)c3)O[C@]3(C(F)(F)F)CC[C@]23C)ccc(F)c1F. The summed E-state index contributed by atoms with van der Waals surface area (Å²) in [6, 6.07) is 4.68. The Balaban J connectivity index is 1.80. The number of rotatable bonds is 5. The molecule has 1 aromatic heterocycles. The monoisotopic (exact) mass is 518 g/mol. The van der Waals surface area contributed by atoms with Crippen LogP contribution in [-0.4, -0.2) is 49.2 Å². The largest absolute Gasteiger partial charge is 0.493 e. The van der Waals surface area contributed by atoms with Crippen LogP contribution in [0.5, 0.6) is 5.75 Å². The fourth-order valence-corrected chi connectivity index (χ4v) is 6.01. The molecule has 1 amide bonds. The van der Waals surface area contributed by atoms with E-state index in [1.165, 1.54) is 38.6 Å². The lowest BCUT2D eigenvalue weighted by molar-refractivity contribution is -0.328. The molecule has 2 fully saturated rings. The number of fused-ring (bicyclic) bond motifs is 1. The number of halogens is 5. The average Bonchev–Trinajstić information content (AvgIpc) is 2.94. The lowest BCUT2D eigenvalue weighted by Crippen LogP contribution is -2.63. The zero-order valence-corrected chi connectivity index (χ0v) is 20.3. The Kier molecular flexibility index (Phi) is 6.04. The fourth-order valence-electron chi connectivity index (χ4n) is 5.21. The third kappa shape index (κ3) is 3.83. The van der Waals surface area contributed by atoms with Crippen molar-refractivity contribution in [2.75, 3.05) is 25.8 Å². The van der Waals surface area contributed by atoms with E-state index < -0.39 is 59.6 Å². The Labute approximate surface area is 198 Å². The maximum Gasteiger partial charge on any atom is 0.418 e. The zero-order chi connectivity index (χ0) is 26.0. The van der Waals surface area contributed by atoms with Gasteiger partial charge in [0.1, 0.15) is 18.7 Å². The Hall–Kier alpha value is -2.52. The molecule has 1 saturated carbocycles. The summed E-state index contributed by atoms with van der Waals surface area (Å²) in [7, 11) is -1.72. The van der Waals surface area contributed by atoms with Crippen LogP contribution < -0.4 is 15.5 Å². The van der Waals surface area contributed by atoms with E-state index in [4.69, 9.17) is 9.47 Å². The minimum absolute atomic E-state index is 0.0391. The van der Waals surface area contributed by atoms with Crippen LogP contribution in [-0.2, 0) is 14.1 Å². The van der Waals surface area contributed by atoms with Gasteiger partial charge >= 0.3 is 6.18 Å². The first-order valence-electron chi connectivity index (χ1n) is 10.8. The number of carbonyl (C=O) groups is 1. The number of amides is 1. The summed E-state index contributed by atoms with van der Waals surface area (Å²) in [4.78, 5) is 17.4. The van der Waals surface area contributed by atoms with Crippen molar-refractivity contribution in [3.63, 3.8) is 0 Å². The molecule has 2 aliphatic rings. The molecule has 1 aromatic carbocycles. The molecule has 1 saturated heterocycles. The Morgan fingerprint density at radius 3 is 2.46 bits per heavy atom. The van der Waals surface area contributed by atoms with Gasteiger partial charge in [0.05, 0.1) is 7.11 Å². The van der Waals surface area contributed by atoms with Gasteiger partial charge in [-0.2, -0.15) is 17.6 Å². The first kappa shape index (κ1) is 25.6. The summed E-state index contributed by atoms with van der Waals surface area (Å²) in [5.41, 5.74) is -4.00. The average molecular weight is 518 g/mol. The number of methoxy groups -OCH3 is 1. The third-order valence-corrected chi connectivity index (χ3v) is 8.49. The molecule has 2 aromatic rings. The Bertz CT molecular complexity index is 1230. The summed E-state index contributed by atoms with van der Waals surface area (Å²) >= 11 is 0. The lowest BCUT2D eigenvalue weighted by Gasteiger charge is -2.54. The summed E-state index contributed by atoms with van der Waals surface area (Å²) < 4.78 is 94.2. The number of hydrogen-bond acceptors (Lipinski definition) is 5. The number of nitrogens with one attached hydrogen (secondary N) is 1. The van der Waals surface area contributed by atoms with Crippen LogP contribution in [0.2, 0.25) is 0 Å². The molecule has 1 aliphatic carbocycles. The number of ether oxygens (including phenoxy) is 2. The first-order valence-corrected chi connectivity index (χ1v) is 13.4. The predicted octanol–water partition coefficient (Wildman–Crippen LogP) is 4.84. The van der Waals surface area contributed by atoms with Gasteiger partial charge in [-0.1, -0.05) is 13.0 Å². The number of carbonyl (C=O) groups excluding carboxylic acids is 1. The molecule has 12 heteroatoms. The fraction of sp³-hybridized carbons (Fsp3) is 0.478. The van der Waals surface area contributed by atoms with E-state index in [0.717, 1.165) is 19.2 Å². The number of hydrogen-bond donors (Lipinski definition) is 1. The molecule has 1 aliphatic heterocycles. The van der Waals surface area contributed by atoms with Crippen LogP contribution in [0.1, 0.15) is 31.2 Å². The highest BCUT2D eigenvalue weighted by atomic mass is 31.2. The summed E-state index contributed by atoms with van der Waals surface area (Å²) in [5.74, 6) is -5.39. The molecule has 0 unspecified atom stereocenters. The molecule has 4 atom stereocenters. The van der Waals surface area contributed by atoms with E-state index in [1.54, 1.807) is 0 Å². The van der Waals surface area contributed by atoms with Crippen molar-refractivity contribution in [3.05, 3.63) is 47.7 Å². The Morgan fingerprint density at radius 2 is 1.91 bits per heavy atom. The highest BCUT2D eigenvalue weighted by Gasteiger charge is 2.80. The van der Waals surface area contributed by atoms with E-state index in [1.807, 2.05) is 0 Å². The van der Waals surface area contributed by atoms with Gasteiger partial charge in [-0.3, -0.25) is 9.78 Å². The van der Waals surface area contributed by atoms with E-state index in [0.29, 0.717) is 0 Å². The third-order valence-electron chi connectivity index (χ3n) is 7.14. The number of alkyl halides is 3. The number of nitrogens with zero attached hydrogens (tertiary/aromatic N) is 1. The van der Waals surface area contributed by atoms with Gasteiger partial charge in [-0.05, 0) is 44.4 Å². The molecule has 1 N–H and O–H groups in total. The summed E-state index contributed by atoms with van der Waals surface area (Å²) in [5, 5.41) is 2.51. The van der Waals surface area contributed by atoms with Crippen molar-refractivity contribution in [2.45, 2.75) is 43.6 Å². The molecule has 0 radical (unpaired) electrons. The van der Waals surface area contributed by atoms with Crippen LogP contribution in [0.15, 0.2) is 30.5 Å². The van der Waals surface area contributed by atoms with Gasteiger partial charge in [0.25, 0.3) is 5.91 Å². The second-order valence-electron chi connectivity index (χ2n) is 9.49. The number of aromatic nitrogens is 1. The van der Waals surface area contributed by atoms with Crippen LogP contribution in [0, 0.1) is 17.0 Å². The summed E-state index contributed by atoms with van der Waals surface area (Å²) in [6.07, 6.45) is -5.54. The minimum atomic E-state index is -4.82. The van der Waals surface area contributed by atoms with Gasteiger partial charge in [0.15, 0.2) is 17.2 Å². The van der Waals surface area contributed by atoms with Crippen LogP contribution in [0.25, 0.3) is 0 Å². The van der Waals surface area contributed by atoms with Crippen molar-refractivity contribution in [1.82, 2.24) is 4.98 Å². The smallest absolute Gasteiger partial charge is 0.418 e. The maximum absolute atomic E-state index is 14.5. The number of benzene rings is 1. The van der Waals surface area contributed by atoms with Crippen molar-refractivity contribution >= 4 is 24.2 Å². The number of pyridine rings is 1. The van der Waals surface area contributed by atoms with E-state index in [2.05, 4.69) is 10.3 Å². The van der Waals surface area contributed by atoms with Gasteiger partial charge in [-0.25, -0.2) is 4.39 Å². The second-order valence-corrected chi connectivity index (χ2v) is 12.6. The van der Waals surface area contributed by atoms with Crippen LogP contribution in [0.4, 0.5) is 27.6 Å². The molecule has 2 heterocycles. The molecule has 6 nitrogen and oxygen atoms in total. The highest BCUT2D eigenvalue weighted by Crippen LogP contribution is 2.71. The lowest BCUT2D eigenvalue weighted by atomic mass is 9.51. The maximum atomic E-state index is 14.5. The van der Waals surface area contributed by atoms with Crippen molar-refractivity contribution < 1.29 is 40.8 Å². The predicted molar refractivity (Wildman–Crippen MR) is 119 cm³/mol. The van der Waals surface area contributed by atoms with Crippen molar-refractivity contribution in [1.29, 1.82) is 0 Å². The van der Waals surface area contributed by atoms with Crippen LogP contribution in [0.3, 0.4) is 0 Å². The topological polar surface area (TPSA) is 77.5 Å². The standard InChI is InChI=1S/C23H24F5N2O4P/c1-21-8-9-22(21,23(26,27)28)34-19(16(21)13-5-6-14(24)17(25)18(13)33-2)20(31)30-12-7-10-29-15(11-12)35(3,4)32/h5-7,10-11,16,19H,8-9H2,1-4H3,(H,29,30,31)/t16-,19+,21+,22+/m0/s1. The van der Waals surface area contributed by atoms with Crippen molar-refractivity contribution in [2.24, 2.45) is 5.41 Å². The van der Waals surface area contributed by atoms with Gasteiger partial charge in [0.2, 0.25) is 5.82 Å². The van der Waals surface area contributed by atoms with Gasteiger partial charge < -0.3 is 19.4 Å². The van der Waals surface area contributed by atoms with E-state index in [9.17, 15) is 31.3 Å². The van der Waals surface area contributed by atoms with E-state index >= 15 is 0 Å². The zero-order valence-electron chi connectivity index (χ0n) is 19.4. The number of anilines is 1. The highest BCUT2D eigenvalue weighted by molar-refractivity contribution is 7.69.